The number of ether oxygens (including phenoxy) is 1. The van der Waals surface area contributed by atoms with Crippen molar-refractivity contribution in [2.75, 3.05) is 11.9 Å². The summed E-state index contributed by atoms with van der Waals surface area (Å²) in [6.07, 6.45) is 0.467. The zero-order chi connectivity index (χ0) is 10.6. The normalized spacial score (nSPS) is 10.3. The van der Waals surface area contributed by atoms with Crippen molar-refractivity contribution in [1.29, 1.82) is 0 Å². The standard InChI is InChI=1S/C10H11BrF2O/c1-2-14-8-4-3-7(5-6-11)9(12)10(8)13/h3-4H,2,5-6H2,1H3. The van der Waals surface area contributed by atoms with Crippen LogP contribution in [0.4, 0.5) is 8.78 Å². The molecule has 0 unspecified atom stereocenters. The summed E-state index contributed by atoms with van der Waals surface area (Å²) in [5.74, 6) is -1.73. The number of hydrogen-bond donors (Lipinski definition) is 0. The number of benzene rings is 1. The Labute approximate surface area is 90.2 Å². The highest BCUT2D eigenvalue weighted by Crippen LogP contribution is 2.23. The largest absolute Gasteiger partial charge is 0.491 e. The van der Waals surface area contributed by atoms with Crippen LogP contribution in [0.2, 0.25) is 0 Å². The highest BCUT2D eigenvalue weighted by atomic mass is 79.9. The molecule has 0 spiro atoms. The van der Waals surface area contributed by atoms with Gasteiger partial charge >= 0.3 is 0 Å². The highest BCUT2D eigenvalue weighted by molar-refractivity contribution is 9.09. The van der Waals surface area contributed by atoms with Crippen LogP contribution in [0.5, 0.6) is 5.75 Å². The molecular weight excluding hydrogens is 254 g/mol. The van der Waals surface area contributed by atoms with Gasteiger partial charge in [0.1, 0.15) is 0 Å². The van der Waals surface area contributed by atoms with Crippen molar-refractivity contribution in [2.45, 2.75) is 13.3 Å². The predicted molar refractivity (Wildman–Crippen MR) is 55.0 cm³/mol. The lowest BCUT2D eigenvalue weighted by molar-refractivity contribution is 0.313. The van der Waals surface area contributed by atoms with Crippen LogP contribution in [0.1, 0.15) is 12.5 Å². The molecular formula is C10H11BrF2O. The fourth-order valence-electron chi connectivity index (χ4n) is 1.13. The van der Waals surface area contributed by atoms with E-state index >= 15 is 0 Å². The van der Waals surface area contributed by atoms with Crippen molar-refractivity contribution in [3.05, 3.63) is 29.3 Å². The van der Waals surface area contributed by atoms with Crippen LogP contribution in [0.3, 0.4) is 0 Å². The van der Waals surface area contributed by atoms with Crippen LogP contribution < -0.4 is 4.74 Å². The molecule has 0 amide bonds. The first-order valence-corrected chi connectivity index (χ1v) is 5.48. The Bertz CT molecular complexity index is 284. The molecule has 4 heteroatoms. The molecule has 0 aliphatic carbocycles. The van der Waals surface area contributed by atoms with Crippen LogP contribution in [0, 0.1) is 11.6 Å². The fraction of sp³-hybridized carbons (Fsp3) is 0.400. The van der Waals surface area contributed by atoms with E-state index in [-0.39, 0.29) is 5.75 Å². The fourth-order valence-corrected chi connectivity index (χ4v) is 1.56. The molecule has 1 rings (SSSR count). The minimum atomic E-state index is -0.898. The summed E-state index contributed by atoms with van der Waals surface area (Å²) in [6, 6.07) is 3.00. The first-order chi connectivity index (χ1) is 6.70. The summed E-state index contributed by atoms with van der Waals surface area (Å²) >= 11 is 3.17. The van der Waals surface area contributed by atoms with E-state index in [0.29, 0.717) is 23.9 Å². The molecule has 1 aromatic rings. The van der Waals surface area contributed by atoms with Crippen LogP contribution in [-0.4, -0.2) is 11.9 Å². The molecule has 14 heavy (non-hydrogen) atoms. The molecule has 0 aromatic heterocycles. The van der Waals surface area contributed by atoms with E-state index in [1.807, 2.05) is 0 Å². The van der Waals surface area contributed by atoms with Gasteiger partial charge in [0.25, 0.3) is 0 Å². The molecule has 0 bridgehead atoms. The van der Waals surface area contributed by atoms with Gasteiger partial charge in [-0.15, -0.1) is 0 Å². The van der Waals surface area contributed by atoms with E-state index in [2.05, 4.69) is 15.9 Å². The molecule has 0 aliphatic rings. The third-order valence-corrected chi connectivity index (χ3v) is 2.19. The average Bonchev–Trinajstić information content (AvgIpc) is 2.18. The minimum Gasteiger partial charge on any atom is -0.491 e. The second-order valence-electron chi connectivity index (χ2n) is 2.72. The summed E-state index contributed by atoms with van der Waals surface area (Å²) in [5, 5.41) is 0.608. The molecule has 0 radical (unpaired) electrons. The summed E-state index contributed by atoms with van der Waals surface area (Å²) in [4.78, 5) is 0. The van der Waals surface area contributed by atoms with Crippen LogP contribution >= 0.6 is 15.9 Å². The van der Waals surface area contributed by atoms with Crippen molar-refractivity contribution >= 4 is 15.9 Å². The molecule has 0 saturated carbocycles. The van der Waals surface area contributed by atoms with Crippen LogP contribution in [0.15, 0.2) is 12.1 Å². The van der Waals surface area contributed by atoms with Gasteiger partial charge in [-0.25, -0.2) is 4.39 Å². The van der Waals surface area contributed by atoms with Gasteiger partial charge in [-0.3, -0.25) is 0 Å². The maximum Gasteiger partial charge on any atom is 0.200 e. The molecule has 0 atom stereocenters. The van der Waals surface area contributed by atoms with E-state index in [1.165, 1.54) is 6.07 Å². The number of hydrogen-bond acceptors (Lipinski definition) is 1. The third kappa shape index (κ3) is 2.44. The molecule has 0 saturated heterocycles. The van der Waals surface area contributed by atoms with Gasteiger partial charge in [0, 0.05) is 5.33 Å². The lowest BCUT2D eigenvalue weighted by Crippen LogP contribution is -2.00. The number of alkyl halides is 1. The Kier molecular flexibility index (Phi) is 4.32. The zero-order valence-corrected chi connectivity index (χ0v) is 9.40. The van der Waals surface area contributed by atoms with Gasteiger partial charge in [0.2, 0.25) is 5.82 Å². The molecule has 0 aliphatic heterocycles. The van der Waals surface area contributed by atoms with Gasteiger partial charge in [-0.1, -0.05) is 22.0 Å². The SMILES string of the molecule is CCOc1ccc(CCBr)c(F)c1F. The second kappa shape index (κ2) is 5.29. The van der Waals surface area contributed by atoms with Crippen molar-refractivity contribution in [3.8, 4) is 5.75 Å². The van der Waals surface area contributed by atoms with E-state index in [4.69, 9.17) is 4.74 Å². The maximum atomic E-state index is 13.3. The van der Waals surface area contributed by atoms with E-state index < -0.39 is 11.6 Å². The maximum absolute atomic E-state index is 13.3. The highest BCUT2D eigenvalue weighted by Gasteiger charge is 2.13. The van der Waals surface area contributed by atoms with Crippen LogP contribution in [0.25, 0.3) is 0 Å². The lowest BCUT2D eigenvalue weighted by Gasteiger charge is -2.07. The van der Waals surface area contributed by atoms with Gasteiger partial charge in [0.05, 0.1) is 6.61 Å². The van der Waals surface area contributed by atoms with Crippen molar-refractivity contribution in [1.82, 2.24) is 0 Å². The molecule has 1 nitrogen and oxygen atoms in total. The first kappa shape index (κ1) is 11.4. The van der Waals surface area contributed by atoms with E-state index in [0.717, 1.165) is 0 Å². The molecule has 0 N–H and O–H groups in total. The Balaban J connectivity index is 2.99. The smallest absolute Gasteiger partial charge is 0.200 e. The molecule has 0 heterocycles. The monoisotopic (exact) mass is 264 g/mol. The summed E-state index contributed by atoms with van der Waals surface area (Å²) in [5.41, 5.74) is 0.364. The van der Waals surface area contributed by atoms with Gasteiger partial charge in [-0.2, -0.15) is 4.39 Å². The third-order valence-electron chi connectivity index (χ3n) is 1.79. The topological polar surface area (TPSA) is 9.23 Å². The number of rotatable bonds is 4. The Morgan fingerprint density at radius 2 is 2.00 bits per heavy atom. The number of halogens is 3. The van der Waals surface area contributed by atoms with Crippen molar-refractivity contribution in [3.63, 3.8) is 0 Å². The van der Waals surface area contributed by atoms with E-state index in [9.17, 15) is 8.78 Å². The summed E-state index contributed by atoms with van der Waals surface area (Å²) in [6.45, 7) is 2.05. The summed E-state index contributed by atoms with van der Waals surface area (Å²) < 4.78 is 31.5. The molecule has 1 aromatic carbocycles. The second-order valence-corrected chi connectivity index (χ2v) is 3.52. The Morgan fingerprint density at radius 1 is 1.29 bits per heavy atom. The van der Waals surface area contributed by atoms with Crippen molar-refractivity contribution < 1.29 is 13.5 Å². The Hall–Kier alpha value is -0.640. The summed E-state index contributed by atoms with van der Waals surface area (Å²) in [7, 11) is 0. The number of aryl methyl sites for hydroxylation is 1. The quantitative estimate of drug-likeness (QED) is 0.759. The van der Waals surface area contributed by atoms with Gasteiger partial charge < -0.3 is 4.74 Å². The Morgan fingerprint density at radius 3 is 2.57 bits per heavy atom. The van der Waals surface area contributed by atoms with Crippen LogP contribution in [-0.2, 0) is 6.42 Å². The molecule has 0 fully saturated rings. The van der Waals surface area contributed by atoms with E-state index in [1.54, 1.807) is 13.0 Å². The lowest BCUT2D eigenvalue weighted by atomic mass is 10.1. The van der Waals surface area contributed by atoms with Gasteiger partial charge in [0.15, 0.2) is 11.6 Å². The molecule has 78 valence electrons. The first-order valence-electron chi connectivity index (χ1n) is 4.36. The van der Waals surface area contributed by atoms with Gasteiger partial charge in [-0.05, 0) is 25.0 Å². The predicted octanol–water partition coefficient (Wildman–Crippen LogP) is 3.30. The van der Waals surface area contributed by atoms with Crippen molar-refractivity contribution in [2.24, 2.45) is 0 Å². The zero-order valence-electron chi connectivity index (χ0n) is 7.82. The minimum absolute atomic E-state index is 0.0247. The average molecular weight is 265 g/mol.